The lowest BCUT2D eigenvalue weighted by Gasteiger charge is -1.99. The quantitative estimate of drug-likeness (QED) is 0.588. The Labute approximate surface area is 104 Å². The first kappa shape index (κ1) is 10.3. The van der Waals surface area contributed by atoms with Gasteiger partial charge < -0.3 is 0 Å². The van der Waals surface area contributed by atoms with Gasteiger partial charge in [0.1, 0.15) is 17.7 Å². The second-order valence-corrected chi connectivity index (χ2v) is 4.10. The first-order chi connectivity index (χ1) is 8.85. The Morgan fingerprint density at radius 2 is 1.56 bits per heavy atom. The molecule has 82 valence electrons. The normalized spacial score (nSPS) is 10.6. The second kappa shape index (κ2) is 3.87. The molecule has 0 spiro atoms. The van der Waals surface area contributed by atoms with Crippen LogP contribution in [0, 0.1) is 22.7 Å². The molecule has 0 saturated heterocycles. The molecule has 0 fully saturated rings. The standard InChI is InChI=1S/C16H8N2/c17-9-12(10-18)14-6-3-7-15-13-5-2-1-4-11(13)8-16(14)15/h1-8H. The van der Waals surface area contributed by atoms with Crippen LogP contribution in [0.15, 0.2) is 42.5 Å². The van der Waals surface area contributed by atoms with Crippen LogP contribution < -0.4 is 10.4 Å². The largest absolute Gasteiger partial charge is 0.192 e. The lowest BCUT2D eigenvalue weighted by Crippen LogP contribution is -2.26. The van der Waals surface area contributed by atoms with Crippen molar-refractivity contribution in [2.75, 3.05) is 0 Å². The molecule has 0 radical (unpaired) electrons. The number of fused-ring (bicyclic) bond motifs is 3. The zero-order valence-electron chi connectivity index (χ0n) is 9.51. The van der Waals surface area contributed by atoms with Gasteiger partial charge in [-0.15, -0.1) is 0 Å². The number of rotatable bonds is 0. The van der Waals surface area contributed by atoms with Gasteiger partial charge in [0.15, 0.2) is 0 Å². The molecule has 0 atom stereocenters. The van der Waals surface area contributed by atoms with E-state index in [1.54, 1.807) is 0 Å². The summed E-state index contributed by atoms with van der Waals surface area (Å²) in [6.45, 7) is 0. The molecule has 0 heterocycles. The molecule has 1 aliphatic rings. The first-order valence-corrected chi connectivity index (χ1v) is 5.60. The molecule has 0 unspecified atom stereocenters. The van der Waals surface area contributed by atoms with Gasteiger partial charge in [-0.05, 0) is 28.0 Å². The van der Waals surface area contributed by atoms with Crippen molar-refractivity contribution < 1.29 is 0 Å². The predicted molar refractivity (Wildman–Crippen MR) is 69.3 cm³/mol. The maximum Gasteiger partial charge on any atom is 0.137 e. The van der Waals surface area contributed by atoms with Gasteiger partial charge in [0.25, 0.3) is 0 Å². The summed E-state index contributed by atoms with van der Waals surface area (Å²) in [5.74, 6) is 0. The Bertz CT molecular complexity index is 830. The fourth-order valence-electron chi connectivity index (χ4n) is 2.34. The Hall–Kier alpha value is -2.84. The molecule has 0 aromatic heterocycles. The Morgan fingerprint density at radius 3 is 2.33 bits per heavy atom. The van der Waals surface area contributed by atoms with Gasteiger partial charge in [-0.25, -0.2) is 0 Å². The summed E-state index contributed by atoms with van der Waals surface area (Å²) in [6, 6.07) is 17.7. The third-order valence-electron chi connectivity index (χ3n) is 3.15. The number of nitriles is 2. The Balaban J connectivity index is 2.50. The van der Waals surface area contributed by atoms with Crippen molar-refractivity contribution in [3.8, 4) is 23.3 Å². The minimum Gasteiger partial charge on any atom is -0.192 e. The minimum atomic E-state index is 0.163. The van der Waals surface area contributed by atoms with Crippen molar-refractivity contribution in [1.29, 1.82) is 10.5 Å². The van der Waals surface area contributed by atoms with E-state index in [-0.39, 0.29) is 5.57 Å². The lowest BCUT2D eigenvalue weighted by molar-refractivity contribution is 1.47. The Morgan fingerprint density at radius 1 is 0.833 bits per heavy atom. The van der Waals surface area contributed by atoms with Crippen molar-refractivity contribution >= 4 is 11.6 Å². The van der Waals surface area contributed by atoms with Gasteiger partial charge >= 0.3 is 0 Å². The van der Waals surface area contributed by atoms with Crippen LogP contribution in [-0.4, -0.2) is 0 Å². The topological polar surface area (TPSA) is 47.6 Å². The van der Waals surface area contributed by atoms with Crippen LogP contribution in [0.4, 0.5) is 0 Å². The molecule has 0 saturated carbocycles. The molecular formula is C16H8N2. The monoisotopic (exact) mass is 228 g/mol. The highest BCUT2D eigenvalue weighted by Crippen LogP contribution is 2.24. The first-order valence-electron chi connectivity index (χ1n) is 5.60. The van der Waals surface area contributed by atoms with E-state index in [4.69, 9.17) is 10.5 Å². The van der Waals surface area contributed by atoms with Crippen LogP contribution in [-0.2, 0) is 0 Å². The average molecular weight is 228 g/mol. The molecule has 18 heavy (non-hydrogen) atoms. The van der Waals surface area contributed by atoms with Crippen LogP contribution in [0.3, 0.4) is 0 Å². The zero-order chi connectivity index (χ0) is 12.5. The van der Waals surface area contributed by atoms with Gasteiger partial charge in [-0.1, -0.05) is 42.5 Å². The number of hydrogen-bond donors (Lipinski definition) is 0. The average Bonchev–Trinajstić information content (AvgIpc) is 2.80. The van der Waals surface area contributed by atoms with Gasteiger partial charge in [0.05, 0.1) is 0 Å². The summed E-state index contributed by atoms with van der Waals surface area (Å²) < 4.78 is 0. The molecule has 1 aliphatic carbocycles. The second-order valence-electron chi connectivity index (χ2n) is 4.10. The highest BCUT2D eigenvalue weighted by molar-refractivity contribution is 5.84. The molecule has 0 amide bonds. The van der Waals surface area contributed by atoms with Crippen LogP contribution >= 0.6 is 0 Å². The highest BCUT2D eigenvalue weighted by Gasteiger charge is 2.12. The fraction of sp³-hybridized carbons (Fsp3) is 0. The van der Waals surface area contributed by atoms with Crippen molar-refractivity contribution in [1.82, 2.24) is 0 Å². The highest BCUT2D eigenvalue weighted by atomic mass is 14.3. The van der Waals surface area contributed by atoms with E-state index < -0.39 is 0 Å². The zero-order valence-corrected chi connectivity index (χ0v) is 9.51. The molecule has 2 aromatic carbocycles. The molecule has 2 nitrogen and oxygen atoms in total. The van der Waals surface area contributed by atoms with E-state index in [1.165, 1.54) is 0 Å². The molecule has 2 aromatic rings. The van der Waals surface area contributed by atoms with E-state index in [1.807, 2.05) is 54.6 Å². The van der Waals surface area contributed by atoms with Crippen molar-refractivity contribution in [3.05, 3.63) is 58.5 Å². The van der Waals surface area contributed by atoms with E-state index in [0.717, 1.165) is 21.9 Å². The van der Waals surface area contributed by atoms with E-state index in [0.29, 0.717) is 5.22 Å². The van der Waals surface area contributed by atoms with Crippen molar-refractivity contribution in [2.24, 2.45) is 0 Å². The maximum absolute atomic E-state index is 9.00. The van der Waals surface area contributed by atoms with Gasteiger partial charge in [0.2, 0.25) is 0 Å². The summed E-state index contributed by atoms with van der Waals surface area (Å²) in [7, 11) is 0. The Kier molecular flexibility index (Phi) is 2.22. The molecule has 3 rings (SSSR count). The molecule has 0 N–H and O–H groups in total. The predicted octanol–water partition coefficient (Wildman–Crippen LogP) is 1.69. The smallest absolute Gasteiger partial charge is 0.137 e. The van der Waals surface area contributed by atoms with Crippen molar-refractivity contribution in [2.45, 2.75) is 0 Å². The fourth-order valence-corrected chi connectivity index (χ4v) is 2.34. The number of benzene rings is 2. The molecule has 0 bridgehead atoms. The van der Waals surface area contributed by atoms with E-state index in [2.05, 4.69) is 6.07 Å². The van der Waals surface area contributed by atoms with Gasteiger partial charge in [0, 0.05) is 5.22 Å². The SMILES string of the molecule is N#CC(C#N)=c1cccc2c1=Cc1ccccc1-2. The summed E-state index contributed by atoms with van der Waals surface area (Å²) in [4.78, 5) is 0. The summed E-state index contributed by atoms with van der Waals surface area (Å²) in [6.07, 6.45) is 2.04. The molecule has 0 aliphatic heterocycles. The molecular weight excluding hydrogens is 220 g/mol. The number of hydrogen-bond acceptors (Lipinski definition) is 2. The van der Waals surface area contributed by atoms with Crippen LogP contribution in [0.2, 0.25) is 0 Å². The maximum atomic E-state index is 9.00. The summed E-state index contributed by atoms with van der Waals surface area (Å²) in [5, 5.41) is 19.7. The van der Waals surface area contributed by atoms with Crippen LogP contribution in [0.25, 0.3) is 22.8 Å². The van der Waals surface area contributed by atoms with E-state index >= 15 is 0 Å². The third kappa shape index (κ3) is 1.34. The van der Waals surface area contributed by atoms with E-state index in [9.17, 15) is 0 Å². The van der Waals surface area contributed by atoms with Crippen LogP contribution in [0.1, 0.15) is 5.56 Å². The van der Waals surface area contributed by atoms with Gasteiger partial charge in [-0.2, -0.15) is 10.5 Å². The third-order valence-corrected chi connectivity index (χ3v) is 3.15. The molecule has 2 heteroatoms. The van der Waals surface area contributed by atoms with Crippen molar-refractivity contribution in [3.63, 3.8) is 0 Å². The summed E-state index contributed by atoms with van der Waals surface area (Å²) >= 11 is 0. The van der Waals surface area contributed by atoms with Gasteiger partial charge in [-0.3, -0.25) is 0 Å². The van der Waals surface area contributed by atoms with Crippen LogP contribution in [0.5, 0.6) is 0 Å². The minimum absolute atomic E-state index is 0.163. The lowest BCUT2D eigenvalue weighted by atomic mass is 10.0. The summed E-state index contributed by atoms with van der Waals surface area (Å²) in [5.41, 5.74) is 3.54. The number of nitrogens with zero attached hydrogens (tertiary/aromatic N) is 2.